The van der Waals surface area contributed by atoms with Crippen molar-refractivity contribution < 1.29 is 13.4 Å². The van der Waals surface area contributed by atoms with Gasteiger partial charge in [-0.1, -0.05) is 0 Å². The number of nitrogens with zero attached hydrogens (tertiary/aromatic N) is 2. The van der Waals surface area contributed by atoms with Crippen LogP contribution in [0.2, 0.25) is 0 Å². The molecule has 0 radical (unpaired) electrons. The van der Waals surface area contributed by atoms with Gasteiger partial charge in [0.1, 0.15) is 15.4 Å². The normalized spacial score (nSPS) is 12.6. The second-order valence-electron chi connectivity index (χ2n) is 4.18. The molecule has 21 heavy (non-hydrogen) atoms. The number of carbonyl (C=O) groups is 1. The van der Waals surface area contributed by atoms with Crippen molar-refractivity contribution in [1.29, 1.82) is 0 Å². The zero-order valence-electron chi connectivity index (χ0n) is 10.8. The van der Waals surface area contributed by atoms with Crippen LogP contribution in [0, 0.1) is 0 Å². The van der Waals surface area contributed by atoms with Gasteiger partial charge in [-0.3, -0.25) is 9.00 Å². The molecule has 0 aliphatic rings. The van der Waals surface area contributed by atoms with Gasteiger partial charge in [0.05, 0.1) is 28.1 Å². The molecule has 3 heterocycles. The Labute approximate surface area is 125 Å². The number of nitrogen functional groups attached to an aromatic ring is 1. The lowest BCUT2D eigenvalue weighted by atomic mass is 10.2. The molecule has 0 saturated carbocycles. The third-order valence-corrected chi connectivity index (χ3v) is 4.61. The van der Waals surface area contributed by atoms with E-state index in [9.17, 15) is 9.00 Å². The first kappa shape index (κ1) is 13.7. The van der Waals surface area contributed by atoms with E-state index in [1.165, 1.54) is 12.5 Å². The number of nitrogens with two attached hydrogens (primary N) is 2. The van der Waals surface area contributed by atoms with Crippen LogP contribution in [0.25, 0.3) is 21.7 Å². The number of anilines is 1. The number of amides is 1. The number of thiophene rings is 1. The van der Waals surface area contributed by atoms with Gasteiger partial charge in [0.25, 0.3) is 5.91 Å². The van der Waals surface area contributed by atoms with Crippen molar-refractivity contribution in [1.82, 2.24) is 9.97 Å². The van der Waals surface area contributed by atoms with Crippen molar-refractivity contribution in [3.8, 4) is 11.5 Å². The van der Waals surface area contributed by atoms with Crippen LogP contribution in [0.5, 0.6) is 0 Å². The number of hydrogen-bond acceptors (Lipinski definition) is 7. The molecule has 0 bridgehead atoms. The standard InChI is InChI=1S/C12H10N4O3S2/c1-21(18)12-15-8(5-3-2-4-19-5)6-7(13)9(10(14)17)20-11(6)16-12/h2-4H,13H2,1H3,(H2,14,17). The minimum Gasteiger partial charge on any atom is -0.463 e. The highest BCUT2D eigenvalue weighted by Gasteiger charge is 2.22. The van der Waals surface area contributed by atoms with Crippen LogP contribution in [0.15, 0.2) is 28.0 Å². The molecule has 3 aromatic heterocycles. The van der Waals surface area contributed by atoms with Gasteiger partial charge in [0, 0.05) is 6.26 Å². The Hall–Kier alpha value is -2.26. The quantitative estimate of drug-likeness (QED) is 0.701. The Bertz CT molecular complexity index is 870. The first-order valence-electron chi connectivity index (χ1n) is 5.76. The highest BCUT2D eigenvalue weighted by molar-refractivity contribution is 7.84. The maximum absolute atomic E-state index is 11.7. The fourth-order valence-corrected chi connectivity index (χ4v) is 3.35. The van der Waals surface area contributed by atoms with E-state index in [1.807, 2.05) is 0 Å². The van der Waals surface area contributed by atoms with E-state index in [4.69, 9.17) is 15.9 Å². The smallest absolute Gasteiger partial charge is 0.260 e. The SMILES string of the molecule is CS(=O)c1nc(-c2ccco2)c2c(N)c(C(N)=O)sc2n1. The molecular formula is C12H10N4O3S2. The van der Waals surface area contributed by atoms with Gasteiger partial charge in [0.2, 0.25) is 5.16 Å². The van der Waals surface area contributed by atoms with Gasteiger partial charge >= 0.3 is 0 Å². The van der Waals surface area contributed by atoms with Crippen LogP contribution >= 0.6 is 11.3 Å². The third-order valence-electron chi connectivity index (χ3n) is 2.80. The molecule has 0 aliphatic heterocycles. The molecule has 1 amide bonds. The fourth-order valence-electron chi connectivity index (χ4n) is 1.91. The molecule has 7 nitrogen and oxygen atoms in total. The van der Waals surface area contributed by atoms with Crippen molar-refractivity contribution >= 4 is 43.9 Å². The molecule has 9 heteroatoms. The second-order valence-corrected chi connectivity index (χ2v) is 6.45. The molecule has 0 aliphatic carbocycles. The molecule has 0 fully saturated rings. The largest absolute Gasteiger partial charge is 0.463 e. The lowest BCUT2D eigenvalue weighted by Gasteiger charge is -2.03. The monoisotopic (exact) mass is 322 g/mol. The Morgan fingerprint density at radius 3 is 2.76 bits per heavy atom. The van der Waals surface area contributed by atoms with Crippen LogP contribution in [0.4, 0.5) is 5.69 Å². The highest BCUT2D eigenvalue weighted by Crippen LogP contribution is 2.38. The lowest BCUT2D eigenvalue weighted by molar-refractivity contribution is 0.100. The Morgan fingerprint density at radius 2 is 2.19 bits per heavy atom. The summed E-state index contributed by atoms with van der Waals surface area (Å²) in [5.74, 6) is -0.185. The van der Waals surface area contributed by atoms with E-state index in [0.29, 0.717) is 21.7 Å². The number of hydrogen-bond donors (Lipinski definition) is 2. The number of furan rings is 1. The van der Waals surface area contributed by atoms with Crippen molar-refractivity contribution in [2.24, 2.45) is 5.73 Å². The van der Waals surface area contributed by atoms with Crippen molar-refractivity contribution in [3.63, 3.8) is 0 Å². The first-order chi connectivity index (χ1) is 9.99. The summed E-state index contributed by atoms with van der Waals surface area (Å²) in [5, 5.41) is 0.629. The zero-order chi connectivity index (χ0) is 15.1. The topological polar surface area (TPSA) is 125 Å². The van der Waals surface area contributed by atoms with Gasteiger partial charge in [-0.2, -0.15) is 0 Å². The fraction of sp³-hybridized carbons (Fsp3) is 0.0833. The van der Waals surface area contributed by atoms with E-state index in [0.717, 1.165) is 11.3 Å². The zero-order valence-corrected chi connectivity index (χ0v) is 12.5. The summed E-state index contributed by atoms with van der Waals surface area (Å²) >= 11 is 1.05. The van der Waals surface area contributed by atoms with Gasteiger partial charge in [-0.05, 0) is 12.1 Å². The summed E-state index contributed by atoms with van der Waals surface area (Å²) in [5.41, 5.74) is 11.9. The molecule has 1 unspecified atom stereocenters. The third kappa shape index (κ3) is 2.20. The van der Waals surface area contributed by atoms with Crippen LogP contribution in [-0.4, -0.2) is 26.3 Å². The summed E-state index contributed by atoms with van der Waals surface area (Å²) in [4.78, 5) is 20.5. The molecule has 1 atom stereocenters. The van der Waals surface area contributed by atoms with E-state index in [-0.39, 0.29) is 15.7 Å². The average Bonchev–Trinajstić information content (AvgIpc) is 3.06. The van der Waals surface area contributed by atoms with Crippen LogP contribution < -0.4 is 11.5 Å². The van der Waals surface area contributed by atoms with Crippen molar-refractivity contribution in [2.75, 3.05) is 12.0 Å². The molecular weight excluding hydrogens is 312 g/mol. The molecule has 3 rings (SSSR count). The van der Waals surface area contributed by atoms with Crippen molar-refractivity contribution in [2.45, 2.75) is 5.16 Å². The summed E-state index contributed by atoms with van der Waals surface area (Å²) in [6.45, 7) is 0. The Balaban J connectivity index is 2.42. The molecule has 108 valence electrons. The van der Waals surface area contributed by atoms with Crippen LogP contribution in [0.1, 0.15) is 9.67 Å². The van der Waals surface area contributed by atoms with Crippen molar-refractivity contribution in [3.05, 3.63) is 23.3 Å². The van der Waals surface area contributed by atoms with E-state index in [2.05, 4.69) is 9.97 Å². The van der Waals surface area contributed by atoms with E-state index < -0.39 is 16.7 Å². The molecule has 3 aromatic rings. The number of aromatic nitrogens is 2. The van der Waals surface area contributed by atoms with Crippen LogP contribution in [-0.2, 0) is 10.8 Å². The predicted molar refractivity (Wildman–Crippen MR) is 80.4 cm³/mol. The Morgan fingerprint density at radius 1 is 1.43 bits per heavy atom. The number of primary amides is 1. The van der Waals surface area contributed by atoms with Crippen LogP contribution in [0.3, 0.4) is 0 Å². The highest BCUT2D eigenvalue weighted by atomic mass is 32.2. The maximum atomic E-state index is 11.7. The summed E-state index contributed by atoms with van der Waals surface area (Å²) in [7, 11) is -1.38. The molecule has 0 saturated heterocycles. The van der Waals surface area contributed by atoms with Gasteiger partial charge in [-0.25, -0.2) is 9.97 Å². The summed E-state index contributed by atoms with van der Waals surface area (Å²) in [6.07, 6.45) is 2.96. The average molecular weight is 322 g/mol. The minimum atomic E-state index is -1.38. The van der Waals surface area contributed by atoms with E-state index >= 15 is 0 Å². The second kappa shape index (κ2) is 4.93. The predicted octanol–water partition coefficient (Wildman–Crippen LogP) is 1.37. The van der Waals surface area contributed by atoms with Gasteiger partial charge in [0.15, 0.2) is 5.76 Å². The summed E-state index contributed by atoms with van der Waals surface area (Å²) in [6, 6.07) is 3.40. The van der Waals surface area contributed by atoms with E-state index in [1.54, 1.807) is 12.1 Å². The first-order valence-corrected chi connectivity index (χ1v) is 8.13. The molecule has 0 spiro atoms. The number of fused-ring (bicyclic) bond motifs is 1. The van der Waals surface area contributed by atoms with Gasteiger partial charge < -0.3 is 15.9 Å². The number of rotatable bonds is 3. The maximum Gasteiger partial charge on any atom is 0.260 e. The Kier molecular flexibility index (Phi) is 3.22. The lowest BCUT2D eigenvalue weighted by Crippen LogP contribution is -2.10. The minimum absolute atomic E-state index is 0.145. The van der Waals surface area contributed by atoms with Gasteiger partial charge in [-0.15, -0.1) is 11.3 Å². The molecule has 0 aromatic carbocycles. The summed E-state index contributed by atoms with van der Waals surface area (Å²) < 4.78 is 17.0. The molecule has 4 N–H and O–H groups in total. The number of carbonyl (C=O) groups excluding carboxylic acids is 1.